The van der Waals surface area contributed by atoms with Crippen LogP contribution in [-0.4, -0.2) is 27.2 Å². The fraction of sp³-hybridized carbons (Fsp3) is 0.684. The molecule has 0 amide bonds. The fourth-order valence-corrected chi connectivity index (χ4v) is 7.41. The molecule has 1 N–H and O–H groups in total. The van der Waals surface area contributed by atoms with E-state index in [4.69, 9.17) is 27.9 Å². The van der Waals surface area contributed by atoms with E-state index in [1.54, 1.807) is 6.92 Å². The summed E-state index contributed by atoms with van der Waals surface area (Å²) in [6.07, 6.45) is 7.53. The number of halogens is 2. The van der Waals surface area contributed by atoms with Gasteiger partial charge in [-0.15, -0.1) is 0 Å². The van der Waals surface area contributed by atoms with Gasteiger partial charge in [-0.25, -0.2) is 13.1 Å². The predicted octanol–water partition coefficient (Wildman–Crippen LogP) is 4.57. The Morgan fingerprint density at radius 2 is 1.65 bits per heavy atom. The Hall–Kier alpha value is -0.330. The van der Waals surface area contributed by atoms with Gasteiger partial charge in [0.1, 0.15) is 4.90 Å². The van der Waals surface area contributed by atoms with Gasteiger partial charge < -0.3 is 4.74 Å². The number of benzene rings is 1. The summed E-state index contributed by atoms with van der Waals surface area (Å²) in [5.74, 6) is 2.44. The third kappa shape index (κ3) is 3.66. The van der Waals surface area contributed by atoms with Crippen molar-refractivity contribution in [2.45, 2.75) is 55.9 Å². The van der Waals surface area contributed by atoms with Crippen molar-refractivity contribution in [3.63, 3.8) is 0 Å². The van der Waals surface area contributed by atoms with Crippen LogP contribution in [0.1, 0.15) is 44.1 Å². The maximum absolute atomic E-state index is 12.5. The van der Waals surface area contributed by atoms with E-state index >= 15 is 0 Å². The highest BCUT2D eigenvalue weighted by molar-refractivity contribution is 7.89. The predicted molar refractivity (Wildman–Crippen MR) is 103 cm³/mol. The Kier molecular flexibility index (Phi) is 5.06. The number of hydrogen-bond donors (Lipinski definition) is 1. The van der Waals surface area contributed by atoms with Crippen molar-refractivity contribution < 1.29 is 13.2 Å². The maximum atomic E-state index is 12.5. The van der Waals surface area contributed by atoms with E-state index in [-0.39, 0.29) is 22.1 Å². The Labute approximate surface area is 165 Å². The second-order valence-corrected chi connectivity index (χ2v) is 10.9. The summed E-state index contributed by atoms with van der Waals surface area (Å²) in [5, 5.41) is 0.592. The van der Waals surface area contributed by atoms with Crippen LogP contribution in [0.3, 0.4) is 0 Å². The zero-order valence-electron chi connectivity index (χ0n) is 14.9. The minimum Gasteiger partial charge on any atom is -0.374 e. The molecule has 0 saturated heterocycles. The van der Waals surface area contributed by atoms with Crippen LogP contribution in [0.5, 0.6) is 0 Å². The zero-order valence-corrected chi connectivity index (χ0v) is 17.3. The standard InChI is InChI=1S/C19H25Cl2NO3S/c1-12-4-18(17(21)8-16(12)20)26(23,24)22-2-3-25-19-9-13-5-14(10-19)7-15(6-13)11-19/h4,8,13-15,22H,2-3,5-7,9-11H2,1H3. The van der Waals surface area contributed by atoms with E-state index in [1.807, 2.05) is 0 Å². The molecule has 0 heterocycles. The van der Waals surface area contributed by atoms with Gasteiger partial charge >= 0.3 is 0 Å². The topological polar surface area (TPSA) is 55.4 Å². The smallest absolute Gasteiger partial charge is 0.242 e. The molecular weight excluding hydrogens is 393 g/mol. The Bertz CT molecular complexity index is 774. The molecule has 4 saturated carbocycles. The second kappa shape index (κ2) is 6.93. The Balaban J connectivity index is 1.35. The van der Waals surface area contributed by atoms with Gasteiger partial charge in [-0.3, -0.25) is 0 Å². The zero-order chi connectivity index (χ0) is 18.5. The van der Waals surface area contributed by atoms with Crippen LogP contribution in [0.15, 0.2) is 17.0 Å². The van der Waals surface area contributed by atoms with E-state index < -0.39 is 10.0 Å². The minimum absolute atomic E-state index is 0.00526. The van der Waals surface area contributed by atoms with Gasteiger partial charge in [0, 0.05) is 11.6 Å². The van der Waals surface area contributed by atoms with Crippen molar-refractivity contribution in [3.8, 4) is 0 Å². The van der Waals surface area contributed by atoms with Crippen LogP contribution in [0.2, 0.25) is 10.0 Å². The number of ether oxygens (including phenoxy) is 1. The minimum atomic E-state index is -3.68. The molecule has 4 fully saturated rings. The van der Waals surface area contributed by atoms with E-state index in [0.29, 0.717) is 17.2 Å². The summed E-state index contributed by atoms with van der Waals surface area (Å²) >= 11 is 12.1. The normalized spacial score (nSPS) is 33.0. The van der Waals surface area contributed by atoms with Gasteiger partial charge in [-0.2, -0.15) is 0 Å². The maximum Gasteiger partial charge on any atom is 0.242 e. The first-order chi connectivity index (χ1) is 12.3. The number of nitrogens with one attached hydrogen (secondary N) is 1. The highest BCUT2D eigenvalue weighted by atomic mass is 35.5. The third-order valence-corrected chi connectivity index (χ3v) is 8.62. The molecule has 7 heteroatoms. The number of sulfonamides is 1. The lowest BCUT2D eigenvalue weighted by atomic mass is 9.54. The van der Waals surface area contributed by atoms with Crippen LogP contribution < -0.4 is 4.72 Å². The lowest BCUT2D eigenvalue weighted by Crippen LogP contribution is -2.52. The molecule has 0 aromatic heterocycles. The molecule has 4 aliphatic carbocycles. The average molecular weight is 418 g/mol. The van der Waals surface area contributed by atoms with Crippen molar-refractivity contribution in [1.82, 2.24) is 4.72 Å². The van der Waals surface area contributed by atoms with E-state index in [0.717, 1.165) is 37.0 Å². The summed E-state index contributed by atoms with van der Waals surface area (Å²) in [6, 6.07) is 2.98. The first-order valence-electron chi connectivity index (χ1n) is 9.36. The average Bonchev–Trinajstić information content (AvgIpc) is 2.54. The van der Waals surface area contributed by atoms with Crippen LogP contribution in [0.25, 0.3) is 0 Å². The van der Waals surface area contributed by atoms with E-state index in [2.05, 4.69) is 4.72 Å². The highest BCUT2D eigenvalue weighted by Gasteiger charge is 2.51. The van der Waals surface area contributed by atoms with Crippen LogP contribution in [0, 0.1) is 24.7 Å². The first-order valence-corrected chi connectivity index (χ1v) is 11.6. The third-order valence-electron chi connectivity index (χ3n) is 6.29. The summed E-state index contributed by atoms with van der Waals surface area (Å²) in [7, 11) is -3.68. The van der Waals surface area contributed by atoms with Gasteiger partial charge in [0.15, 0.2) is 0 Å². The van der Waals surface area contributed by atoms with Crippen molar-refractivity contribution >= 4 is 33.2 Å². The molecule has 0 aliphatic heterocycles. The van der Waals surface area contributed by atoms with Crippen molar-refractivity contribution in [2.75, 3.05) is 13.2 Å². The largest absolute Gasteiger partial charge is 0.374 e. The molecule has 0 spiro atoms. The highest BCUT2D eigenvalue weighted by Crippen LogP contribution is 2.57. The summed E-state index contributed by atoms with van der Waals surface area (Å²) < 4.78 is 34.0. The molecule has 0 radical (unpaired) electrons. The number of rotatable bonds is 6. The van der Waals surface area contributed by atoms with Gasteiger partial charge in [0.05, 0.1) is 17.2 Å². The molecule has 0 unspecified atom stereocenters. The van der Waals surface area contributed by atoms with Gasteiger partial charge in [-0.05, 0) is 80.9 Å². The molecular formula is C19H25Cl2NO3S. The molecule has 4 bridgehead atoms. The number of aryl methyl sites for hydroxylation is 1. The molecule has 5 rings (SSSR count). The second-order valence-electron chi connectivity index (χ2n) is 8.38. The monoisotopic (exact) mass is 417 g/mol. The summed E-state index contributed by atoms with van der Waals surface area (Å²) in [6.45, 7) is 2.41. The molecule has 0 atom stereocenters. The van der Waals surface area contributed by atoms with Gasteiger partial charge in [0.2, 0.25) is 10.0 Å². The van der Waals surface area contributed by atoms with Crippen LogP contribution >= 0.6 is 23.2 Å². The van der Waals surface area contributed by atoms with Crippen LogP contribution in [-0.2, 0) is 14.8 Å². The lowest BCUT2D eigenvalue weighted by molar-refractivity contribution is -0.160. The van der Waals surface area contributed by atoms with Crippen molar-refractivity contribution in [1.29, 1.82) is 0 Å². The lowest BCUT2D eigenvalue weighted by Gasteiger charge is -2.56. The molecule has 4 nitrogen and oxygen atoms in total. The molecule has 4 aliphatic rings. The Morgan fingerprint density at radius 3 is 2.23 bits per heavy atom. The SMILES string of the molecule is Cc1cc(S(=O)(=O)NCCOC23CC4CC(CC(C4)C2)C3)c(Cl)cc1Cl. The van der Waals surface area contributed by atoms with Gasteiger partial charge in [-0.1, -0.05) is 23.2 Å². The summed E-state index contributed by atoms with van der Waals surface area (Å²) in [4.78, 5) is 0.0656. The Morgan fingerprint density at radius 1 is 1.08 bits per heavy atom. The fourth-order valence-electron chi connectivity index (χ4n) is 5.57. The molecule has 1 aromatic rings. The molecule has 144 valence electrons. The summed E-state index contributed by atoms with van der Waals surface area (Å²) in [5.41, 5.74) is 0.676. The van der Waals surface area contributed by atoms with E-state index in [9.17, 15) is 8.42 Å². The molecule has 26 heavy (non-hydrogen) atoms. The quantitative estimate of drug-likeness (QED) is 0.689. The van der Waals surface area contributed by atoms with Crippen LogP contribution in [0.4, 0.5) is 0 Å². The first kappa shape index (κ1) is 19.0. The van der Waals surface area contributed by atoms with Gasteiger partial charge in [0.25, 0.3) is 0 Å². The van der Waals surface area contributed by atoms with Crippen molar-refractivity contribution in [3.05, 3.63) is 27.7 Å². The van der Waals surface area contributed by atoms with E-state index in [1.165, 1.54) is 31.4 Å². The van der Waals surface area contributed by atoms with Crippen molar-refractivity contribution in [2.24, 2.45) is 17.8 Å². The molecule has 1 aromatic carbocycles. The number of hydrogen-bond acceptors (Lipinski definition) is 3.